The molecular weight excluding hydrogens is 212 g/mol. The van der Waals surface area contributed by atoms with Gasteiger partial charge in [0.2, 0.25) is 0 Å². The van der Waals surface area contributed by atoms with Crippen LogP contribution in [0.4, 0.5) is 0 Å². The lowest BCUT2D eigenvalue weighted by molar-refractivity contribution is 0.0933. The molecule has 0 saturated heterocycles. The van der Waals surface area contributed by atoms with Crippen LogP contribution in [0.5, 0.6) is 0 Å². The van der Waals surface area contributed by atoms with E-state index in [-0.39, 0.29) is 11.9 Å². The maximum atomic E-state index is 11.8. The van der Waals surface area contributed by atoms with Gasteiger partial charge in [-0.1, -0.05) is 38.7 Å². The van der Waals surface area contributed by atoms with Crippen LogP contribution >= 0.6 is 0 Å². The second-order valence-electron chi connectivity index (χ2n) is 4.44. The van der Waals surface area contributed by atoms with Crippen LogP contribution in [-0.2, 0) is 0 Å². The Labute approximate surface area is 104 Å². The first-order valence-electron chi connectivity index (χ1n) is 6.46. The third-order valence-corrected chi connectivity index (χ3v) is 2.77. The van der Waals surface area contributed by atoms with Gasteiger partial charge >= 0.3 is 0 Å². The molecule has 1 unspecified atom stereocenters. The normalized spacial score (nSPS) is 12.1. The van der Waals surface area contributed by atoms with Gasteiger partial charge in [0.1, 0.15) is 5.69 Å². The maximum absolute atomic E-state index is 11.8. The third-order valence-electron chi connectivity index (χ3n) is 2.77. The van der Waals surface area contributed by atoms with Crippen LogP contribution in [0.25, 0.3) is 0 Å². The van der Waals surface area contributed by atoms with E-state index < -0.39 is 0 Å². The molecule has 1 heterocycles. The Morgan fingerprint density at radius 2 is 2.18 bits per heavy atom. The van der Waals surface area contributed by atoms with E-state index in [1.165, 1.54) is 25.7 Å². The minimum absolute atomic E-state index is 0.0754. The van der Waals surface area contributed by atoms with Crippen molar-refractivity contribution in [2.75, 3.05) is 0 Å². The first kappa shape index (κ1) is 13.7. The van der Waals surface area contributed by atoms with Gasteiger partial charge in [-0.3, -0.25) is 9.78 Å². The number of nitrogens with one attached hydrogen (secondary N) is 1. The van der Waals surface area contributed by atoms with Crippen molar-refractivity contribution in [2.24, 2.45) is 0 Å². The summed E-state index contributed by atoms with van der Waals surface area (Å²) < 4.78 is 0. The standard InChI is InChI=1S/C14H22N2O/c1-3-4-5-6-9-12(2)16-14(17)13-10-7-8-11-15-13/h7-8,10-12H,3-6,9H2,1-2H3,(H,16,17). The molecule has 17 heavy (non-hydrogen) atoms. The van der Waals surface area contributed by atoms with Crippen LogP contribution in [0.2, 0.25) is 0 Å². The Balaban J connectivity index is 2.26. The molecule has 94 valence electrons. The summed E-state index contributed by atoms with van der Waals surface area (Å²) in [6.45, 7) is 4.25. The summed E-state index contributed by atoms with van der Waals surface area (Å²) in [4.78, 5) is 15.8. The monoisotopic (exact) mass is 234 g/mol. The molecule has 0 radical (unpaired) electrons. The van der Waals surface area contributed by atoms with Crippen molar-refractivity contribution in [1.82, 2.24) is 10.3 Å². The number of rotatable bonds is 7. The number of hydrogen-bond acceptors (Lipinski definition) is 2. The van der Waals surface area contributed by atoms with Crippen molar-refractivity contribution < 1.29 is 4.79 Å². The van der Waals surface area contributed by atoms with Crippen molar-refractivity contribution in [3.05, 3.63) is 30.1 Å². The summed E-state index contributed by atoms with van der Waals surface area (Å²) in [5.41, 5.74) is 0.493. The van der Waals surface area contributed by atoms with Gasteiger partial charge in [-0.15, -0.1) is 0 Å². The average Bonchev–Trinajstić information content (AvgIpc) is 2.36. The fraction of sp³-hybridized carbons (Fsp3) is 0.571. The van der Waals surface area contributed by atoms with Crippen molar-refractivity contribution >= 4 is 5.91 Å². The average molecular weight is 234 g/mol. The van der Waals surface area contributed by atoms with Crippen LogP contribution < -0.4 is 5.32 Å². The van der Waals surface area contributed by atoms with Gasteiger partial charge < -0.3 is 5.32 Å². The fourth-order valence-corrected chi connectivity index (χ4v) is 1.74. The second kappa shape index (κ2) is 7.82. The molecule has 0 aliphatic carbocycles. The van der Waals surface area contributed by atoms with Crippen LogP contribution in [0.3, 0.4) is 0 Å². The number of carbonyl (C=O) groups is 1. The van der Waals surface area contributed by atoms with E-state index in [0.717, 1.165) is 6.42 Å². The first-order valence-corrected chi connectivity index (χ1v) is 6.46. The summed E-state index contributed by atoms with van der Waals surface area (Å²) in [7, 11) is 0. The highest BCUT2D eigenvalue weighted by atomic mass is 16.1. The van der Waals surface area contributed by atoms with Gasteiger partial charge in [0.15, 0.2) is 0 Å². The quantitative estimate of drug-likeness (QED) is 0.736. The molecule has 0 bridgehead atoms. The fourth-order valence-electron chi connectivity index (χ4n) is 1.74. The van der Waals surface area contributed by atoms with E-state index in [2.05, 4.69) is 17.2 Å². The number of carbonyl (C=O) groups excluding carboxylic acids is 1. The van der Waals surface area contributed by atoms with E-state index >= 15 is 0 Å². The number of hydrogen-bond donors (Lipinski definition) is 1. The Kier molecular flexibility index (Phi) is 6.30. The summed E-state index contributed by atoms with van der Waals surface area (Å²) in [6.07, 6.45) is 7.63. The smallest absolute Gasteiger partial charge is 0.270 e. The molecule has 1 aromatic heterocycles. The lowest BCUT2D eigenvalue weighted by atomic mass is 10.1. The predicted molar refractivity (Wildman–Crippen MR) is 69.9 cm³/mol. The highest BCUT2D eigenvalue weighted by Crippen LogP contribution is 2.05. The van der Waals surface area contributed by atoms with Gasteiger partial charge in [0, 0.05) is 12.2 Å². The molecule has 0 aliphatic rings. The van der Waals surface area contributed by atoms with Crippen molar-refractivity contribution in [2.45, 2.75) is 52.0 Å². The maximum Gasteiger partial charge on any atom is 0.270 e. The van der Waals surface area contributed by atoms with E-state index in [9.17, 15) is 4.79 Å². The molecule has 0 spiro atoms. The Morgan fingerprint density at radius 3 is 2.82 bits per heavy atom. The van der Waals surface area contributed by atoms with Crippen molar-refractivity contribution in [1.29, 1.82) is 0 Å². The highest BCUT2D eigenvalue weighted by Gasteiger charge is 2.09. The van der Waals surface area contributed by atoms with Crippen molar-refractivity contribution in [3.8, 4) is 0 Å². The van der Waals surface area contributed by atoms with E-state index in [4.69, 9.17) is 0 Å². The molecular formula is C14H22N2O. The van der Waals surface area contributed by atoms with Crippen LogP contribution in [0.1, 0.15) is 56.4 Å². The first-order chi connectivity index (χ1) is 8.24. The molecule has 1 amide bonds. The molecule has 0 saturated carbocycles. The Morgan fingerprint density at radius 1 is 1.35 bits per heavy atom. The lowest BCUT2D eigenvalue weighted by Crippen LogP contribution is -2.32. The zero-order valence-electron chi connectivity index (χ0n) is 10.8. The Bertz CT molecular complexity index is 324. The minimum Gasteiger partial charge on any atom is -0.348 e. The summed E-state index contributed by atoms with van der Waals surface area (Å²) in [5.74, 6) is -0.0754. The summed E-state index contributed by atoms with van der Waals surface area (Å²) in [5, 5.41) is 2.97. The molecule has 0 aromatic carbocycles. The van der Waals surface area contributed by atoms with E-state index in [0.29, 0.717) is 5.69 Å². The minimum atomic E-state index is -0.0754. The zero-order valence-corrected chi connectivity index (χ0v) is 10.8. The molecule has 1 rings (SSSR count). The van der Waals surface area contributed by atoms with Gasteiger partial charge in [-0.25, -0.2) is 0 Å². The molecule has 1 atom stereocenters. The zero-order chi connectivity index (χ0) is 12.5. The number of amides is 1. The molecule has 3 heteroatoms. The number of aromatic nitrogens is 1. The molecule has 3 nitrogen and oxygen atoms in total. The summed E-state index contributed by atoms with van der Waals surface area (Å²) >= 11 is 0. The van der Waals surface area contributed by atoms with E-state index in [1.807, 2.05) is 19.1 Å². The molecule has 1 aromatic rings. The third kappa shape index (κ3) is 5.48. The Hall–Kier alpha value is -1.38. The number of nitrogens with zero attached hydrogens (tertiary/aromatic N) is 1. The second-order valence-corrected chi connectivity index (χ2v) is 4.44. The molecule has 0 aliphatic heterocycles. The van der Waals surface area contributed by atoms with Crippen LogP contribution in [0, 0.1) is 0 Å². The topological polar surface area (TPSA) is 42.0 Å². The van der Waals surface area contributed by atoms with Crippen LogP contribution in [0.15, 0.2) is 24.4 Å². The predicted octanol–water partition coefficient (Wildman–Crippen LogP) is 3.17. The SMILES string of the molecule is CCCCCCC(C)NC(=O)c1ccccn1. The van der Waals surface area contributed by atoms with Gasteiger partial charge in [-0.05, 0) is 25.5 Å². The number of pyridine rings is 1. The van der Waals surface area contributed by atoms with Gasteiger partial charge in [-0.2, -0.15) is 0 Å². The number of unbranched alkanes of at least 4 members (excludes halogenated alkanes) is 3. The van der Waals surface area contributed by atoms with Crippen LogP contribution in [-0.4, -0.2) is 16.9 Å². The highest BCUT2D eigenvalue weighted by molar-refractivity contribution is 5.92. The molecule has 1 N–H and O–H groups in total. The largest absolute Gasteiger partial charge is 0.348 e. The summed E-state index contributed by atoms with van der Waals surface area (Å²) in [6, 6.07) is 5.60. The molecule has 0 fully saturated rings. The van der Waals surface area contributed by atoms with Gasteiger partial charge in [0.05, 0.1) is 0 Å². The van der Waals surface area contributed by atoms with Gasteiger partial charge in [0.25, 0.3) is 5.91 Å². The van der Waals surface area contributed by atoms with E-state index in [1.54, 1.807) is 12.3 Å². The lowest BCUT2D eigenvalue weighted by Gasteiger charge is -2.13. The van der Waals surface area contributed by atoms with Crippen molar-refractivity contribution in [3.63, 3.8) is 0 Å².